The summed E-state index contributed by atoms with van der Waals surface area (Å²) in [6, 6.07) is 14.2. The van der Waals surface area contributed by atoms with Crippen LogP contribution in [0.1, 0.15) is 16.1 Å². The number of aromatic nitrogens is 2. The van der Waals surface area contributed by atoms with Crippen molar-refractivity contribution in [3.8, 4) is 0 Å². The predicted molar refractivity (Wildman–Crippen MR) is 105 cm³/mol. The molecule has 4 N–H and O–H groups in total. The summed E-state index contributed by atoms with van der Waals surface area (Å²) in [7, 11) is -3.33. The van der Waals surface area contributed by atoms with Crippen LogP contribution >= 0.6 is 0 Å². The number of amides is 1. The van der Waals surface area contributed by atoms with Gasteiger partial charge in [0.2, 0.25) is 16.0 Å². The largest absolute Gasteiger partial charge is 0.368 e. The molecule has 9 heteroatoms. The quantitative estimate of drug-likeness (QED) is 0.591. The van der Waals surface area contributed by atoms with Gasteiger partial charge >= 0.3 is 0 Å². The third-order valence-corrected chi connectivity index (χ3v) is 4.37. The molecule has 0 aliphatic heterocycles. The van der Waals surface area contributed by atoms with Crippen molar-refractivity contribution < 1.29 is 13.2 Å². The van der Waals surface area contributed by atoms with Gasteiger partial charge in [-0.2, -0.15) is 0 Å². The highest BCUT2D eigenvalue weighted by atomic mass is 32.2. The standard InChI is InChI=1S/C18H19N5O3S/c1-27(25,26)23-13-6-4-5-12(11-13)9-10-20-17(24)16-14-7-2-3-8-15(14)21-18(19)22-16/h2-8,11,23H,9-10H2,1H3,(H,20,24)(H2,19,21,22). The van der Waals surface area contributed by atoms with Gasteiger partial charge in [0.1, 0.15) is 5.69 Å². The van der Waals surface area contributed by atoms with E-state index in [1.807, 2.05) is 12.1 Å². The van der Waals surface area contributed by atoms with Crippen LogP contribution in [-0.2, 0) is 16.4 Å². The van der Waals surface area contributed by atoms with Gasteiger partial charge in [-0.3, -0.25) is 9.52 Å². The van der Waals surface area contributed by atoms with E-state index in [1.54, 1.807) is 36.4 Å². The third-order valence-electron chi connectivity index (χ3n) is 3.77. The van der Waals surface area contributed by atoms with Gasteiger partial charge in [0.25, 0.3) is 5.91 Å². The van der Waals surface area contributed by atoms with Crippen molar-refractivity contribution in [1.82, 2.24) is 15.3 Å². The average Bonchev–Trinajstić information content (AvgIpc) is 2.59. The fourth-order valence-electron chi connectivity index (χ4n) is 2.68. The van der Waals surface area contributed by atoms with Crippen molar-refractivity contribution in [2.24, 2.45) is 0 Å². The van der Waals surface area contributed by atoms with Gasteiger partial charge in [0.15, 0.2) is 0 Å². The molecule has 1 aromatic heterocycles. The van der Waals surface area contributed by atoms with Crippen LogP contribution in [0.3, 0.4) is 0 Å². The Kier molecular flexibility index (Phi) is 5.22. The zero-order valence-corrected chi connectivity index (χ0v) is 15.5. The number of hydrogen-bond donors (Lipinski definition) is 3. The summed E-state index contributed by atoms with van der Waals surface area (Å²) >= 11 is 0. The number of benzene rings is 2. The highest BCUT2D eigenvalue weighted by Gasteiger charge is 2.13. The number of hydrogen-bond acceptors (Lipinski definition) is 6. The number of nitrogen functional groups attached to an aromatic ring is 1. The maximum Gasteiger partial charge on any atom is 0.270 e. The molecule has 1 amide bonds. The van der Waals surface area contributed by atoms with Gasteiger partial charge in [-0.1, -0.05) is 30.3 Å². The molecule has 0 atom stereocenters. The first-order valence-electron chi connectivity index (χ1n) is 8.19. The molecular weight excluding hydrogens is 366 g/mol. The van der Waals surface area contributed by atoms with Crippen molar-refractivity contribution in [1.29, 1.82) is 0 Å². The zero-order chi connectivity index (χ0) is 19.4. The topological polar surface area (TPSA) is 127 Å². The van der Waals surface area contributed by atoms with Crippen molar-refractivity contribution in [3.05, 3.63) is 59.8 Å². The van der Waals surface area contributed by atoms with Crippen LogP contribution in [0.4, 0.5) is 11.6 Å². The van der Waals surface area contributed by atoms with Crippen LogP contribution in [0.25, 0.3) is 10.9 Å². The summed E-state index contributed by atoms with van der Waals surface area (Å²) in [6.07, 6.45) is 1.63. The molecular formula is C18H19N5O3S. The van der Waals surface area contributed by atoms with Gasteiger partial charge in [-0.05, 0) is 30.2 Å². The minimum atomic E-state index is -3.33. The summed E-state index contributed by atoms with van der Waals surface area (Å²) < 4.78 is 25.1. The Morgan fingerprint density at radius 1 is 1.11 bits per heavy atom. The second kappa shape index (κ2) is 7.58. The molecule has 3 rings (SSSR count). The molecule has 8 nitrogen and oxygen atoms in total. The van der Waals surface area contributed by atoms with Crippen molar-refractivity contribution in [3.63, 3.8) is 0 Å². The monoisotopic (exact) mass is 385 g/mol. The van der Waals surface area contributed by atoms with Crippen molar-refractivity contribution in [2.45, 2.75) is 6.42 Å². The van der Waals surface area contributed by atoms with E-state index in [4.69, 9.17) is 5.73 Å². The number of carbonyl (C=O) groups is 1. The van der Waals surface area contributed by atoms with E-state index < -0.39 is 10.0 Å². The van der Waals surface area contributed by atoms with E-state index in [9.17, 15) is 13.2 Å². The van der Waals surface area contributed by atoms with Crippen LogP contribution in [0, 0.1) is 0 Å². The molecule has 140 valence electrons. The summed E-state index contributed by atoms with van der Waals surface area (Å²) in [6.45, 7) is 0.361. The van der Waals surface area contributed by atoms with Gasteiger partial charge in [-0.25, -0.2) is 18.4 Å². The Labute approximate surface area is 156 Å². The first kappa shape index (κ1) is 18.6. The molecule has 0 saturated heterocycles. The van der Waals surface area contributed by atoms with Gasteiger partial charge in [0, 0.05) is 17.6 Å². The van der Waals surface area contributed by atoms with E-state index in [1.165, 1.54) is 0 Å². The maximum absolute atomic E-state index is 12.5. The number of carbonyl (C=O) groups excluding carboxylic acids is 1. The second-order valence-electron chi connectivity index (χ2n) is 6.03. The number of anilines is 2. The first-order chi connectivity index (χ1) is 12.8. The van der Waals surface area contributed by atoms with Crippen LogP contribution in [-0.4, -0.2) is 37.1 Å². The van der Waals surface area contributed by atoms with Crippen LogP contribution in [0.2, 0.25) is 0 Å². The highest BCUT2D eigenvalue weighted by Crippen LogP contribution is 2.16. The van der Waals surface area contributed by atoms with Gasteiger partial charge in [-0.15, -0.1) is 0 Å². The first-order valence-corrected chi connectivity index (χ1v) is 10.1. The SMILES string of the molecule is CS(=O)(=O)Nc1cccc(CCNC(=O)c2nc(N)nc3ccccc23)c1. The fraction of sp³-hybridized carbons (Fsp3) is 0.167. The smallest absolute Gasteiger partial charge is 0.270 e. The molecule has 1 heterocycles. The van der Waals surface area contributed by atoms with E-state index >= 15 is 0 Å². The van der Waals surface area contributed by atoms with Crippen LogP contribution in [0.15, 0.2) is 48.5 Å². The normalized spacial score (nSPS) is 11.3. The Hall–Kier alpha value is -3.20. The average molecular weight is 385 g/mol. The third kappa shape index (κ3) is 4.91. The lowest BCUT2D eigenvalue weighted by molar-refractivity contribution is 0.0951. The summed E-state index contributed by atoms with van der Waals surface area (Å²) in [5.74, 6) is -0.302. The second-order valence-corrected chi connectivity index (χ2v) is 7.78. The van der Waals surface area contributed by atoms with E-state index in [0.717, 1.165) is 11.8 Å². The Balaban J connectivity index is 1.68. The number of para-hydroxylation sites is 1. The number of fused-ring (bicyclic) bond motifs is 1. The molecule has 0 spiro atoms. The fourth-order valence-corrected chi connectivity index (χ4v) is 3.23. The molecule has 0 bridgehead atoms. The lowest BCUT2D eigenvalue weighted by Crippen LogP contribution is -2.27. The summed E-state index contributed by atoms with van der Waals surface area (Å²) in [5.41, 5.74) is 7.89. The maximum atomic E-state index is 12.5. The van der Waals surface area contributed by atoms with E-state index in [2.05, 4.69) is 20.0 Å². The molecule has 0 saturated carbocycles. The van der Waals surface area contributed by atoms with E-state index in [0.29, 0.717) is 29.6 Å². The number of nitrogens with one attached hydrogen (secondary N) is 2. The number of sulfonamides is 1. The lowest BCUT2D eigenvalue weighted by Gasteiger charge is -2.09. The number of rotatable bonds is 6. The summed E-state index contributed by atoms with van der Waals surface area (Å²) in [5, 5.41) is 3.44. The minimum Gasteiger partial charge on any atom is -0.368 e. The van der Waals surface area contributed by atoms with E-state index in [-0.39, 0.29) is 17.5 Å². The van der Waals surface area contributed by atoms with Crippen LogP contribution in [0.5, 0.6) is 0 Å². The number of nitrogens with zero attached hydrogens (tertiary/aromatic N) is 2. The number of nitrogens with two attached hydrogens (primary N) is 1. The Morgan fingerprint density at radius 3 is 2.67 bits per heavy atom. The van der Waals surface area contributed by atoms with Gasteiger partial charge < -0.3 is 11.1 Å². The van der Waals surface area contributed by atoms with Crippen molar-refractivity contribution in [2.75, 3.05) is 23.3 Å². The molecule has 0 aliphatic rings. The van der Waals surface area contributed by atoms with Crippen molar-refractivity contribution >= 4 is 38.5 Å². The van der Waals surface area contributed by atoms with Gasteiger partial charge in [0.05, 0.1) is 11.8 Å². The molecule has 0 radical (unpaired) electrons. The molecule has 27 heavy (non-hydrogen) atoms. The zero-order valence-electron chi connectivity index (χ0n) is 14.6. The van der Waals surface area contributed by atoms with Crippen LogP contribution < -0.4 is 15.8 Å². The molecule has 3 aromatic rings. The molecule has 0 aliphatic carbocycles. The molecule has 2 aromatic carbocycles. The Bertz CT molecular complexity index is 1100. The Morgan fingerprint density at radius 2 is 1.89 bits per heavy atom. The predicted octanol–water partition coefficient (Wildman–Crippen LogP) is 1.56. The highest BCUT2D eigenvalue weighted by molar-refractivity contribution is 7.92. The minimum absolute atomic E-state index is 0.0402. The summed E-state index contributed by atoms with van der Waals surface area (Å²) in [4.78, 5) is 20.7. The lowest BCUT2D eigenvalue weighted by atomic mass is 10.1. The molecule has 0 fully saturated rings. The molecule has 0 unspecified atom stereocenters.